The van der Waals surface area contributed by atoms with Gasteiger partial charge in [0.1, 0.15) is 5.60 Å². The van der Waals surface area contributed by atoms with Gasteiger partial charge < -0.3 is 4.74 Å². The molecule has 0 aliphatic rings. The highest BCUT2D eigenvalue weighted by molar-refractivity contribution is 9.10. The zero-order valence-corrected chi connectivity index (χ0v) is 14.8. The molecular weight excluding hydrogens is 346 g/mol. The Balaban J connectivity index is 2.27. The molecule has 0 saturated carbocycles. The second-order valence-corrected chi connectivity index (χ2v) is 6.98. The summed E-state index contributed by atoms with van der Waals surface area (Å²) in [4.78, 5) is 14.1. The summed E-state index contributed by atoms with van der Waals surface area (Å²) in [6.07, 6.45) is 3.26. The van der Waals surface area contributed by atoms with E-state index in [1.165, 1.54) is 0 Å². The van der Waals surface area contributed by atoms with Gasteiger partial charge in [0.25, 0.3) is 0 Å². The van der Waals surface area contributed by atoms with Gasteiger partial charge in [0.2, 0.25) is 0 Å². The standard InChI is InChI=1S/C16H20BrN3O2/c1-16(2,3)22-15(21)20(11-12-9-18-19(4)10-12)14-7-5-13(17)6-8-14/h5-10H,11H2,1-4H3. The van der Waals surface area contributed by atoms with Crippen LogP contribution in [0.2, 0.25) is 0 Å². The van der Waals surface area contributed by atoms with Crippen LogP contribution in [-0.4, -0.2) is 21.5 Å². The van der Waals surface area contributed by atoms with Gasteiger partial charge >= 0.3 is 6.09 Å². The lowest BCUT2D eigenvalue weighted by atomic mass is 10.2. The summed E-state index contributed by atoms with van der Waals surface area (Å²) >= 11 is 3.40. The van der Waals surface area contributed by atoms with Crippen LogP contribution in [0.25, 0.3) is 0 Å². The van der Waals surface area contributed by atoms with E-state index >= 15 is 0 Å². The molecule has 6 heteroatoms. The van der Waals surface area contributed by atoms with E-state index in [4.69, 9.17) is 4.74 Å². The average Bonchev–Trinajstić information content (AvgIpc) is 2.81. The summed E-state index contributed by atoms with van der Waals surface area (Å²) in [5.41, 5.74) is 1.18. The molecule has 2 rings (SSSR count). The molecule has 0 N–H and O–H groups in total. The van der Waals surface area contributed by atoms with Crippen LogP contribution in [0.3, 0.4) is 0 Å². The molecular formula is C16H20BrN3O2. The fourth-order valence-electron chi connectivity index (χ4n) is 1.94. The lowest BCUT2D eigenvalue weighted by molar-refractivity contribution is 0.0577. The number of anilines is 1. The quantitative estimate of drug-likeness (QED) is 0.821. The molecule has 0 atom stereocenters. The van der Waals surface area contributed by atoms with Gasteiger partial charge in [-0.2, -0.15) is 5.10 Å². The zero-order chi connectivity index (χ0) is 16.3. The first-order valence-corrected chi connectivity index (χ1v) is 7.77. The first-order valence-electron chi connectivity index (χ1n) is 6.98. The lowest BCUT2D eigenvalue weighted by Crippen LogP contribution is -2.36. The number of aryl methyl sites for hydroxylation is 1. The topological polar surface area (TPSA) is 47.4 Å². The molecule has 1 aromatic heterocycles. The number of hydrogen-bond acceptors (Lipinski definition) is 3. The van der Waals surface area contributed by atoms with Crippen LogP contribution in [0.5, 0.6) is 0 Å². The normalized spacial score (nSPS) is 11.3. The Morgan fingerprint density at radius 1 is 1.32 bits per heavy atom. The van der Waals surface area contributed by atoms with E-state index in [0.717, 1.165) is 15.7 Å². The maximum atomic E-state index is 12.5. The van der Waals surface area contributed by atoms with Crippen molar-refractivity contribution in [1.29, 1.82) is 0 Å². The van der Waals surface area contributed by atoms with Crippen molar-refractivity contribution in [1.82, 2.24) is 9.78 Å². The first-order chi connectivity index (χ1) is 10.2. The molecule has 5 nitrogen and oxygen atoms in total. The monoisotopic (exact) mass is 365 g/mol. The fourth-order valence-corrected chi connectivity index (χ4v) is 2.20. The third-order valence-corrected chi connectivity index (χ3v) is 3.38. The average molecular weight is 366 g/mol. The van der Waals surface area contributed by atoms with E-state index in [9.17, 15) is 4.79 Å². The number of benzene rings is 1. The molecule has 0 unspecified atom stereocenters. The Labute approximate surface area is 139 Å². The van der Waals surface area contributed by atoms with Crippen molar-refractivity contribution < 1.29 is 9.53 Å². The van der Waals surface area contributed by atoms with Crippen molar-refractivity contribution in [2.24, 2.45) is 7.05 Å². The molecule has 0 spiro atoms. The third kappa shape index (κ3) is 4.59. The van der Waals surface area contributed by atoms with Gasteiger partial charge in [0, 0.05) is 29.0 Å². The van der Waals surface area contributed by atoms with Gasteiger partial charge in [-0.3, -0.25) is 9.58 Å². The van der Waals surface area contributed by atoms with Crippen LogP contribution in [0.4, 0.5) is 10.5 Å². The number of aromatic nitrogens is 2. The number of halogens is 1. The number of rotatable bonds is 3. The number of ether oxygens (including phenoxy) is 1. The summed E-state index contributed by atoms with van der Waals surface area (Å²) in [5.74, 6) is 0. The van der Waals surface area contributed by atoms with E-state index in [0.29, 0.717) is 6.54 Å². The highest BCUT2D eigenvalue weighted by atomic mass is 79.9. The smallest absolute Gasteiger partial charge is 0.415 e. The molecule has 1 heterocycles. The van der Waals surface area contributed by atoms with E-state index in [1.807, 2.05) is 58.3 Å². The molecule has 0 aliphatic carbocycles. The summed E-state index contributed by atoms with van der Waals surface area (Å²) < 4.78 is 8.18. The summed E-state index contributed by atoms with van der Waals surface area (Å²) in [6, 6.07) is 7.56. The minimum atomic E-state index is -0.542. The molecule has 1 aromatic carbocycles. The number of hydrogen-bond donors (Lipinski definition) is 0. The Kier molecular flexibility index (Phi) is 4.90. The molecule has 0 fully saturated rings. The number of nitrogens with zero attached hydrogens (tertiary/aromatic N) is 3. The SMILES string of the molecule is Cn1cc(CN(C(=O)OC(C)(C)C)c2ccc(Br)cc2)cn1. The Morgan fingerprint density at radius 2 is 1.95 bits per heavy atom. The third-order valence-electron chi connectivity index (χ3n) is 2.85. The number of carbonyl (C=O) groups excluding carboxylic acids is 1. The van der Waals surface area contributed by atoms with Gasteiger partial charge in [-0.15, -0.1) is 0 Å². The van der Waals surface area contributed by atoms with E-state index < -0.39 is 5.60 Å². The van der Waals surface area contributed by atoms with Gasteiger partial charge in [-0.1, -0.05) is 15.9 Å². The Morgan fingerprint density at radius 3 is 2.45 bits per heavy atom. The van der Waals surface area contributed by atoms with Crippen LogP contribution < -0.4 is 4.90 Å². The van der Waals surface area contributed by atoms with Crippen molar-refractivity contribution in [2.75, 3.05) is 4.90 Å². The van der Waals surface area contributed by atoms with Gasteiger partial charge in [-0.05, 0) is 45.0 Å². The fraction of sp³-hybridized carbons (Fsp3) is 0.375. The van der Waals surface area contributed by atoms with Crippen molar-refractivity contribution in [3.05, 3.63) is 46.7 Å². The van der Waals surface area contributed by atoms with Gasteiger partial charge in [0.15, 0.2) is 0 Å². The minimum Gasteiger partial charge on any atom is -0.443 e. The maximum absolute atomic E-state index is 12.5. The van der Waals surface area contributed by atoms with Crippen LogP contribution in [0, 0.1) is 0 Å². The molecule has 0 bridgehead atoms. The van der Waals surface area contributed by atoms with E-state index in [-0.39, 0.29) is 6.09 Å². The molecule has 0 saturated heterocycles. The molecule has 118 valence electrons. The summed E-state index contributed by atoms with van der Waals surface area (Å²) in [6.45, 7) is 5.97. The van der Waals surface area contributed by atoms with Crippen LogP contribution in [-0.2, 0) is 18.3 Å². The first kappa shape index (κ1) is 16.5. The number of amides is 1. The highest BCUT2D eigenvalue weighted by Crippen LogP contribution is 2.23. The molecule has 0 aliphatic heterocycles. The van der Waals surface area contributed by atoms with Crippen LogP contribution >= 0.6 is 15.9 Å². The van der Waals surface area contributed by atoms with E-state index in [2.05, 4.69) is 21.0 Å². The van der Waals surface area contributed by atoms with Crippen molar-refractivity contribution in [3.8, 4) is 0 Å². The summed E-state index contributed by atoms with van der Waals surface area (Å²) in [7, 11) is 1.85. The molecule has 2 aromatic rings. The van der Waals surface area contributed by atoms with Crippen LogP contribution in [0.15, 0.2) is 41.1 Å². The lowest BCUT2D eigenvalue weighted by Gasteiger charge is -2.27. The minimum absolute atomic E-state index is 0.376. The van der Waals surface area contributed by atoms with Gasteiger partial charge in [0.05, 0.1) is 12.7 Å². The molecule has 0 radical (unpaired) electrons. The number of carbonyl (C=O) groups is 1. The van der Waals surface area contributed by atoms with E-state index in [1.54, 1.807) is 15.8 Å². The molecule has 22 heavy (non-hydrogen) atoms. The zero-order valence-electron chi connectivity index (χ0n) is 13.2. The molecule has 1 amide bonds. The Bertz CT molecular complexity index is 644. The predicted molar refractivity (Wildman–Crippen MR) is 89.8 cm³/mol. The van der Waals surface area contributed by atoms with Crippen molar-refractivity contribution >= 4 is 27.7 Å². The van der Waals surface area contributed by atoms with Crippen LogP contribution in [0.1, 0.15) is 26.3 Å². The van der Waals surface area contributed by atoms with Crippen molar-refractivity contribution in [2.45, 2.75) is 32.9 Å². The highest BCUT2D eigenvalue weighted by Gasteiger charge is 2.24. The Hall–Kier alpha value is -1.82. The second-order valence-electron chi connectivity index (χ2n) is 6.07. The van der Waals surface area contributed by atoms with Crippen molar-refractivity contribution in [3.63, 3.8) is 0 Å². The largest absolute Gasteiger partial charge is 0.443 e. The van der Waals surface area contributed by atoms with Gasteiger partial charge in [-0.25, -0.2) is 4.79 Å². The predicted octanol–water partition coefficient (Wildman–Crippen LogP) is 4.12. The maximum Gasteiger partial charge on any atom is 0.415 e. The second kappa shape index (κ2) is 6.52. The summed E-state index contributed by atoms with van der Waals surface area (Å²) in [5, 5.41) is 4.14.